The molecule has 0 spiro atoms. The van der Waals surface area contributed by atoms with E-state index in [0.717, 1.165) is 5.92 Å². The topological polar surface area (TPSA) is 12.0 Å². The second-order valence-corrected chi connectivity index (χ2v) is 6.09. The number of rotatable bonds is 2. The summed E-state index contributed by atoms with van der Waals surface area (Å²) in [5.41, 5.74) is 3.14. The van der Waals surface area contributed by atoms with Crippen molar-refractivity contribution in [3.8, 4) is 0 Å². The summed E-state index contributed by atoms with van der Waals surface area (Å²) in [7, 11) is 0. The molecule has 2 aliphatic rings. The van der Waals surface area contributed by atoms with Gasteiger partial charge in [0.2, 0.25) is 0 Å². The molecule has 86 valence electrons. The molecular formula is C14H19NS. The predicted molar refractivity (Wildman–Crippen MR) is 70.2 cm³/mol. The molecule has 2 heteroatoms. The van der Waals surface area contributed by atoms with Crippen molar-refractivity contribution in [2.45, 2.75) is 30.6 Å². The Kier molecular flexibility index (Phi) is 3.20. The van der Waals surface area contributed by atoms with Crippen molar-refractivity contribution in [1.29, 1.82) is 0 Å². The average molecular weight is 233 g/mol. The molecule has 1 nitrogen and oxygen atoms in total. The Morgan fingerprint density at radius 3 is 3.25 bits per heavy atom. The van der Waals surface area contributed by atoms with E-state index in [4.69, 9.17) is 0 Å². The van der Waals surface area contributed by atoms with Crippen molar-refractivity contribution in [2.24, 2.45) is 5.92 Å². The van der Waals surface area contributed by atoms with E-state index in [0.29, 0.717) is 0 Å². The summed E-state index contributed by atoms with van der Waals surface area (Å²) in [6, 6.07) is 7.12. The highest BCUT2D eigenvalue weighted by Crippen LogP contribution is 2.32. The van der Waals surface area contributed by atoms with Crippen LogP contribution < -0.4 is 5.32 Å². The highest BCUT2D eigenvalue weighted by atomic mass is 32.2. The first kappa shape index (κ1) is 10.7. The smallest absolute Gasteiger partial charge is 0.0105 e. The zero-order valence-corrected chi connectivity index (χ0v) is 10.5. The van der Waals surface area contributed by atoms with Gasteiger partial charge in [-0.15, -0.1) is 11.8 Å². The minimum Gasteiger partial charge on any atom is -0.316 e. The summed E-state index contributed by atoms with van der Waals surface area (Å²) in [6.45, 7) is 2.43. The van der Waals surface area contributed by atoms with Crippen LogP contribution in [0.1, 0.15) is 24.0 Å². The van der Waals surface area contributed by atoms with Crippen LogP contribution in [-0.4, -0.2) is 18.8 Å². The van der Waals surface area contributed by atoms with Gasteiger partial charge in [-0.2, -0.15) is 0 Å². The van der Waals surface area contributed by atoms with E-state index in [1.165, 1.54) is 49.4 Å². The monoisotopic (exact) mass is 233 g/mol. The molecule has 2 heterocycles. The summed E-state index contributed by atoms with van der Waals surface area (Å²) in [4.78, 5) is 1.52. The number of aryl methyl sites for hydroxylation is 1. The maximum absolute atomic E-state index is 3.50. The molecule has 1 N–H and O–H groups in total. The van der Waals surface area contributed by atoms with Gasteiger partial charge >= 0.3 is 0 Å². The molecule has 1 unspecified atom stereocenters. The predicted octanol–water partition coefficient (Wildman–Crippen LogP) is 2.88. The minimum atomic E-state index is 0.862. The lowest BCUT2D eigenvalue weighted by Crippen LogP contribution is -2.30. The molecule has 0 aliphatic carbocycles. The summed E-state index contributed by atoms with van der Waals surface area (Å²) in [5.74, 6) is 2.14. The SMILES string of the molecule is c1cc2c(cc1CC1CCCNC1)CCS2. The molecule has 0 amide bonds. The van der Waals surface area contributed by atoms with Crippen molar-refractivity contribution in [3.63, 3.8) is 0 Å². The third-order valence-electron chi connectivity index (χ3n) is 3.68. The minimum absolute atomic E-state index is 0.862. The van der Waals surface area contributed by atoms with Crippen molar-refractivity contribution in [1.82, 2.24) is 5.32 Å². The van der Waals surface area contributed by atoms with Crippen LogP contribution in [-0.2, 0) is 12.8 Å². The number of hydrogen-bond acceptors (Lipinski definition) is 2. The van der Waals surface area contributed by atoms with Gasteiger partial charge in [-0.3, -0.25) is 0 Å². The van der Waals surface area contributed by atoms with Crippen LogP contribution in [0.25, 0.3) is 0 Å². The fraction of sp³-hybridized carbons (Fsp3) is 0.571. The Hall–Kier alpha value is -0.470. The van der Waals surface area contributed by atoms with Crippen LogP contribution in [0.3, 0.4) is 0 Å². The quantitative estimate of drug-likeness (QED) is 0.843. The molecule has 0 aromatic heterocycles. The molecule has 2 aliphatic heterocycles. The molecule has 1 saturated heterocycles. The number of fused-ring (bicyclic) bond motifs is 1. The summed E-state index contributed by atoms with van der Waals surface area (Å²) < 4.78 is 0. The van der Waals surface area contributed by atoms with E-state index in [-0.39, 0.29) is 0 Å². The third-order valence-corrected chi connectivity index (χ3v) is 4.79. The van der Waals surface area contributed by atoms with E-state index < -0.39 is 0 Å². The van der Waals surface area contributed by atoms with Crippen molar-refractivity contribution in [2.75, 3.05) is 18.8 Å². The molecule has 0 radical (unpaired) electrons. The first-order valence-electron chi connectivity index (χ1n) is 6.37. The fourth-order valence-corrected chi connectivity index (χ4v) is 3.85. The zero-order chi connectivity index (χ0) is 10.8. The Labute approximate surface area is 102 Å². The van der Waals surface area contributed by atoms with Gasteiger partial charge in [-0.25, -0.2) is 0 Å². The maximum atomic E-state index is 3.50. The molecule has 0 saturated carbocycles. The number of nitrogens with one attached hydrogen (secondary N) is 1. The van der Waals surface area contributed by atoms with Gasteiger partial charge in [0.25, 0.3) is 0 Å². The summed E-state index contributed by atoms with van der Waals surface area (Å²) in [5, 5.41) is 3.50. The van der Waals surface area contributed by atoms with Crippen molar-refractivity contribution < 1.29 is 0 Å². The van der Waals surface area contributed by atoms with Gasteiger partial charge in [0, 0.05) is 10.6 Å². The molecule has 1 aromatic rings. The molecule has 1 aromatic carbocycles. The van der Waals surface area contributed by atoms with Gasteiger partial charge < -0.3 is 5.32 Å². The fourth-order valence-electron chi connectivity index (χ4n) is 2.80. The van der Waals surface area contributed by atoms with Gasteiger partial charge in [-0.05, 0) is 61.9 Å². The molecule has 1 atom stereocenters. The number of hydrogen-bond donors (Lipinski definition) is 1. The summed E-state index contributed by atoms with van der Waals surface area (Å²) >= 11 is 2.01. The van der Waals surface area contributed by atoms with Crippen LogP contribution in [0.4, 0.5) is 0 Å². The second-order valence-electron chi connectivity index (χ2n) is 4.96. The molecule has 3 rings (SSSR count). The average Bonchev–Trinajstić information content (AvgIpc) is 2.77. The lowest BCUT2D eigenvalue weighted by atomic mass is 9.91. The highest BCUT2D eigenvalue weighted by molar-refractivity contribution is 7.99. The first-order chi connectivity index (χ1) is 7.92. The second kappa shape index (κ2) is 4.80. The first-order valence-corrected chi connectivity index (χ1v) is 7.36. The van der Waals surface area contributed by atoms with Crippen molar-refractivity contribution in [3.05, 3.63) is 29.3 Å². The van der Waals surface area contributed by atoms with E-state index in [1.54, 1.807) is 11.1 Å². The Morgan fingerprint density at radius 1 is 1.38 bits per heavy atom. The standard InChI is InChI=1S/C14H19NS/c1-2-12(10-15-6-1)8-11-3-4-14-13(9-11)5-7-16-14/h3-4,9,12,15H,1-2,5-8,10H2. The van der Waals surface area contributed by atoms with Crippen molar-refractivity contribution >= 4 is 11.8 Å². The highest BCUT2D eigenvalue weighted by Gasteiger charge is 2.16. The van der Waals surface area contributed by atoms with Crippen LogP contribution >= 0.6 is 11.8 Å². The lowest BCUT2D eigenvalue weighted by molar-refractivity contribution is 0.376. The number of benzene rings is 1. The normalized spacial score (nSPS) is 24.4. The third kappa shape index (κ3) is 2.28. The van der Waals surface area contributed by atoms with E-state index in [2.05, 4.69) is 23.5 Å². The van der Waals surface area contributed by atoms with Crippen LogP contribution in [0, 0.1) is 5.92 Å². The van der Waals surface area contributed by atoms with Crippen LogP contribution in [0.15, 0.2) is 23.1 Å². The largest absolute Gasteiger partial charge is 0.316 e. The number of piperidine rings is 1. The molecule has 16 heavy (non-hydrogen) atoms. The van der Waals surface area contributed by atoms with Gasteiger partial charge in [0.1, 0.15) is 0 Å². The lowest BCUT2D eigenvalue weighted by Gasteiger charge is -2.22. The summed E-state index contributed by atoms with van der Waals surface area (Å²) in [6.07, 6.45) is 5.30. The Morgan fingerprint density at radius 2 is 2.38 bits per heavy atom. The van der Waals surface area contributed by atoms with E-state index in [9.17, 15) is 0 Å². The number of thioether (sulfide) groups is 1. The van der Waals surface area contributed by atoms with Gasteiger partial charge in [0.15, 0.2) is 0 Å². The zero-order valence-electron chi connectivity index (χ0n) is 9.67. The molecule has 1 fully saturated rings. The van der Waals surface area contributed by atoms with Gasteiger partial charge in [-0.1, -0.05) is 12.1 Å². The van der Waals surface area contributed by atoms with Crippen LogP contribution in [0.5, 0.6) is 0 Å². The Bertz CT molecular complexity index is 369. The molecular weight excluding hydrogens is 214 g/mol. The van der Waals surface area contributed by atoms with Crippen LogP contribution in [0.2, 0.25) is 0 Å². The maximum Gasteiger partial charge on any atom is 0.0105 e. The van der Waals surface area contributed by atoms with Gasteiger partial charge in [0.05, 0.1) is 0 Å². The Balaban J connectivity index is 1.69. The van der Waals surface area contributed by atoms with E-state index >= 15 is 0 Å². The molecule has 0 bridgehead atoms. The van der Waals surface area contributed by atoms with E-state index in [1.807, 2.05) is 11.8 Å².